The van der Waals surface area contributed by atoms with E-state index in [2.05, 4.69) is 0 Å². The first kappa shape index (κ1) is 12.7. The highest BCUT2D eigenvalue weighted by Crippen LogP contribution is 2.26. The Morgan fingerprint density at radius 2 is 2.05 bits per heavy atom. The number of Topliss-reactive ketones (excluding diaryl/α,β-unsaturated/α-hetero) is 1. The molecule has 1 aromatic rings. The van der Waals surface area contributed by atoms with Crippen LogP contribution in [0.5, 0.6) is 5.75 Å². The van der Waals surface area contributed by atoms with Gasteiger partial charge in [-0.3, -0.25) is 4.79 Å². The van der Waals surface area contributed by atoms with Crippen LogP contribution >= 0.6 is 0 Å². The summed E-state index contributed by atoms with van der Waals surface area (Å²) >= 11 is 0. The zero-order valence-electron chi connectivity index (χ0n) is 11.2. The molecule has 1 aliphatic heterocycles. The van der Waals surface area contributed by atoms with Gasteiger partial charge in [0.05, 0.1) is 6.61 Å². The second-order valence-corrected chi connectivity index (χ2v) is 5.46. The summed E-state index contributed by atoms with van der Waals surface area (Å²) in [6, 6.07) is 5.91. The van der Waals surface area contributed by atoms with Crippen LogP contribution in [-0.2, 0) is 11.2 Å². The lowest BCUT2D eigenvalue weighted by atomic mass is 9.90. The van der Waals surface area contributed by atoms with Gasteiger partial charge < -0.3 is 9.47 Å². The van der Waals surface area contributed by atoms with Crippen molar-refractivity contribution in [3.05, 3.63) is 29.3 Å². The molecule has 1 fully saturated rings. The van der Waals surface area contributed by atoms with Crippen LogP contribution < -0.4 is 4.74 Å². The molecule has 0 radical (unpaired) electrons. The molecule has 1 aromatic carbocycles. The quantitative estimate of drug-likeness (QED) is 0.838. The molecule has 0 N–H and O–H groups in total. The molecule has 2 aliphatic rings. The maximum atomic E-state index is 11.7. The summed E-state index contributed by atoms with van der Waals surface area (Å²) in [5.41, 5.74) is 2.05. The molecule has 0 atom stereocenters. The second kappa shape index (κ2) is 5.74. The second-order valence-electron chi connectivity index (χ2n) is 5.46. The third-order valence-corrected chi connectivity index (χ3v) is 4.05. The van der Waals surface area contributed by atoms with Crippen molar-refractivity contribution in [2.45, 2.75) is 32.1 Å². The number of ether oxygens (including phenoxy) is 2. The molecule has 1 aliphatic carbocycles. The monoisotopic (exact) mass is 260 g/mol. The van der Waals surface area contributed by atoms with E-state index in [1.165, 1.54) is 0 Å². The number of hydrogen-bond donors (Lipinski definition) is 0. The maximum Gasteiger partial charge on any atom is 0.163 e. The van der Waals surface area contributed by atoms with Crippen molar-refractivity contribution in [2.24, 2.45) is 5.92 Å². The number of carbonyl (C=O) groups is 1. The number of ketones is 1. The fourth-order valence-corrected chi connectivity index (χ4v) is 2.84. The van der Waals surface area contributed by atoms with Gasteiger partial charge in [-0.15, -0.1) is 0 Å². The van der Waals surface area contributed by atoms with Gasteiger partial charge in [-0.1, -0.05) is 0 Å². The molecule has 0 bridgehead atoms. The Bertz CT molecular complexity index is 461. The Balaban J connectivity index is 1.63. The number of fused-ring (bicyclic) bond motifs is 1. The predicted molar refractivity (Wildman–Crippen MR) is 72.7 cm³/mol. The van der Waals surface area contributed by atoms with Crippen molar-refractivity contribution in [1.82, 2.24) is 0 Å². The molecule has 1 saturated heterocycles. The Morgan fingerprint density at radius 1 is 1.21 bits per heavy atom. The number of benzene rings is 1. The molecule has 19 heavy (non-hydrogen) atoms. The third-order valence-electron chi connectivity index (χ3n) is 4.05. The normalized spacial score (nSPS) is 20.1. The van der Waals surface area contributed by atoms with Gasteiger partial charge in [-0.05, 0) is 55.4 Å². The summed E-state index contributed by atoms with van der Waals surface area (Å²) in [5.74, 6) is 1.78. The summed E-state index contributed by atoms with van der Waals surface area (Å²) in [4.78, 5) is 11.7. The lowest BCUT2D eigenvalue weighted by molar-refractivity contribution is 0.0497. The lowest BCUT2D eigenvalue weighted by Crippen LogP contribution is -2.21. The van der Waals surface area contributed by atoms with Crippen molar-refractivity contribution in [3.8, 4) is 5.75 Å². The van der Waals surface area contributed by atoms with Crippen LogP contribution in [0.1, 0.15) is 41.6 Å². The van der Waals surface area contributed by atoms with Gasteiger partial charge in [0, 0.05) is 25.2 Å². The van der Waals surface area contributed by atoms with E-state index in [-0.39, 0.29) is 5.78 Å². The van der Waals surface area contributed by atoms with Crippen molar-refractivity contribution in [2.75, 3.05) is 19.8 Å². The first-order valence-corrected chi connectivity index (χ1v) is 7.19. The van der Waals surface area contributed by atoms with E-state index in [4.69, 9.17) is 9.47 Å². The molecule has 0 unspecified atom stereocenters. The summed E-state index contributed by atoms with van der Waals surface area (Å²) in [6.07, 6.45) is 4.83. The Morgan fingerprint density at radius 3 is 2.89 bits per heavy atom. The molecule has 0 aromatic heterocycles. The molecule has 1 heterocycles. The molecule has 0 amide bonds. The highest BCUT2D eigenvalue weighted by atomic mass is 16.5. The van der Waals surface area contributed by atoms with Crippen LogP contribution in [0.2, 0.25) is 0 Å². The minimum absolute atomic E-state index is 0.275. The number of rotatable bonds is 3. The molecule has 102 valence electrons. The van der Waals surface area contributed by atoms with Gasteiger partial charge in [0.15, 0.2) is 5.78 Å². The van der Waals surface area contributed by atoms with E-state index < -0.39 is 0 Å². The highest BCUT2D eigenvalue weighted by molar-refractivity contribution is 5.98. The number of hydrogen-bond acceptors (Lipinski definition) is 3. The van der Waals surface area contributed by atoms with Crippen LogP contribution in [0.3, 0.4) is 0 Å². The summed E-state index contributed by atoms with van der Waals surface area (Å²) in [7, 11) is 0. The fraction of sp³-hybridized carbons (Fsp3) is 0.562. The van der Waals surface area contributed by atoms with Crippen molar-refractivity contribution >= 4 is 5.78 Å². The van der Waals surface area contributed by atoms with Crippen LogP contribution in [-0.4, -0.2) is 25.6 Å². The van der Waals surface area contributed by atoms with Crippen LogP contribution in [0.15, 0.2) is 18.2 Å². The SMILES string of the molecule is O=C1CCCc2cc(OCC3CCOCC3)ccc21. The van der Waals surface area contributed by atoms with Gasteiger partial charge >= 0.3 is 0 Å². The van der Waals surface area contributed by atoms with E-state index in [1.807, 2.05) is 18.2 Å². The lowest BCUT2D eigenvalue weighted by Gasteiger charge is -2.22. The first-order chi connectivity index (χ1) is 9.33. The molecule has 3 rings (SSSR count). The topological polar surface area (TPSA) is 35.5 Å². The number of carbonyl (C=O) groups excluding carboxylic acids is 1. The van der Waals surface area contributed by atoms with Crippen molar-refractivity contribution < 1.29 is 14.3 Å². The summed E-state index contributed by atoms with van der Waals surface area (Å²) in [6.45, 7) is 2.47. The zero-order chi connectivity index (χ0) is 13.1. The van der Waals surface area contributed by atoms with E-state index in [0.717, 1.165) is 62.4 Å². The smallest absolute Gasteiger partial charge is 0.163 e. The van der Waals surface area contributed by atoms with Gasteiger partial charge in [0.2, 0.25) is 0 Å². The third kappa shape index (κ3) is 2.98. The number of aryl methyl sites for hydroxylation is 1. The van der Waals surface area contributed by atoms with Gasteiger partial charge in [-0.2, -0.15) is 0 Å². The van der Waals surface area contributed by atoms with E-state index in [0.29, 0.717) is 12.3 Å². The van der Waals surface area contributed by atoms with Crippen LogP contribution in [0.4, 0.5) is 0 Å². The van der Waals surface area contributed by atoms with Gasteiger partial charge in [-0.25, -0.2) is 0 Å². The van der Waals surface area contributed by atoms with Crippen molar-refractivity contribution in [1.29, 1.82) is 0 Å². The first-order valence-electron chi connectivity index (χ1n) is 7.19. The molecular formula is C16H20O3. The van der Waals surface area contributed by atoms with E-state index in [1.54, 1.807) is 0 Å². The maximum absolute atomic E-state index is 11.7. The van der Waals surface area contributed by atoms with E-state index in [9.17, 15) is 4.79 Å². The summed E-state index contributed by atoms with van der Waals surface area (Å²) in [5, 5.41) is 0. The Kier molecular flexibility index (Phi) is 3.83. The Hall–Kier alpha value is -1.35. The molecule has 0 saturated carbocycles. The minimum Gasteiger partial charge on any atom is -0.493 e. The zero-order valence-corrected chi connectivity index (χ0v) is 11.2. The standard InChI is InChI=1S/C16H20O3/c17-16-3-1-2-13-10-14(4-5-15(13)16)19-11-12-6-8-18-9-7-12/h4-5,10,12H,1-3,6-9,11H2. The fourth-order valence-electron chi connectivity index (χ4n) is 2.84. The average Bonchev–Trinajstić information content (AvgIpc) is 2.46. The molecule has 3 heteroatoms. The summed E-state index contributed by atoms with van der Waals surface area (Å²) < 4.78 is 11.2. The average molecular weight is 260 g/mol. The van der Waals surface area contributed by atoms with Crippen LogP contribution in [0, 0.1) is 5.92 Å². The van der Waals surface area contributed by atoms with E-state index >= 15 is 0 Å². The highest BCUT2D eigenvalue weighted by Gasteiger charge is 2.18. The van der Waals surface area contributed by atoms with Gasteiger partial charge in [0.1, 0.15) is 5.75 Å². The van der Waals surface area contributed by atoms with Crippen LogP contribution in [0.25, 0.3) is 0 Å². The van der Waals surface area contributed by atoms with Gasteiger partial charge in [0.25, 0.3) is 0 Å². The van der Waals surface area contributed by atoms with Crippen molar-refractivity contribution in [3.63, 3.8) is 0 Å². The predicted octanol–water partition coefficient (Wildman–Crippen LogP) is 3.01. The Labute approximate surface area is 113 Å². The molecule has 0 spiro atoms. The molecule has 3 nitrogen and oxygen atoms in total. The molecular weight excluding hydrogens is 240 g/mol. The largest absolute Gasteiger partial charge is 0.493 e. The minimum atomic E-state index is 0.275.